The molecular formula is C17H20N2O5. The third-order valence-electron chi connectivity index (χ3n) is 3.92. The van der Waals surface area contributed by atoms with Crippen LogP contribution in [0.1, 0.15) is 30.7 Å². The van der Waals surface area contributed by atoms with E-state index in [1.807, 2.05) is 0 Å². The quantitative estimate of drug-likeness (QED) is 0.713. The van der Waals surface area contributed by atoms with Crippen LogP contribution in [-0.2, 0) is 9.53 Å². The number of amides is 2. The molecular weight excluding hydrogens is 312 g/mol. The Morgan fingerprint density at radius 2 is 2.04 bits per heavy atom. The van der Waals surface area contributed by atoms with Gasteiger partial charge in [0.1, 0.15) is 18.1 Å². The van der Waals surface area contributed by atoms with E-state index in [2.05, 4.69) is 6.07 Å². The zero-order valence-corrected chi connectivity index (χ0v) is 13.8. The third kappa shape index (κ3) is 3.59. The lowest BCUT2D eigenvalue weighted by Gasteiger charge is -2.24. The maximum absolute atomic E-state index is 12.9. The molecule has 1 saturated heterocycles. The fourth-order valence-corrected chi connectivity index (χ4v) is 2.78. The van der Waals surface area contributed by atoms with Gasteiger partial charge in [-0.15, -0.1) is 0 Å². The van der Waals surface area contributed by atoms with Gasteiger partial charge in [-0.1, -0.05) is 6.07 Å². The van der Waals surface area contributed by atoms with Crippen LogP contribution in [0.5, 0.6) is 11.5 Å². The molecule has 1 unspecified atom stereocenters. The Bertz CT molecular complexity index is 631. The Hall–Kier alpha value is -2.75. The van der Waals surface area contributed by atoms with Crippen LogP contribution in [0.4, 0.5) is 4.79 Å². The first-order valence-electron chi connectivity index (χ1n) is 7.70. The molecule has 0 spiro atoms. The molecule has 7 nitrogen and oxygen atoms in total. The number of hydrogen-bond acceptors (Lipinski definition) is 6. The van der Waals surface area contributed by atoms with Crippen molar-refractivity contribution in [2.24, 2.45) is 0 Å². The van der Waals surface area contributed by atoms with E-state index in [4.69, 9.17) is 19.5 Å². The molecule has 24 heavy (non-hydrogen) atoms. The number of carbonyl (C=O) groups excluding carboxylic acids is 2. The molecule has 2 rings (SSSR count). The highest BCUT2D eigenvalue weighted by molar-refractivity contribution is 5.97. The molecule has 1 aliphatic heterocycles. The minimum absolute atomic E-state index is 0.193. The first-order chi connectivity index (χ1) is 11.6. The van der Waals surface area contributed by atoms with E-state index in [9.17, 15) is 9.59 Å². The van der Waals surface area contributed by atoms with Crippen molar-refractivity contribution in [3.05, 3.63) is 23.8 Å². The summed E-state index contributed by atoms with van der Waals surface area (Å²) in [6.07, 6.45) is 0.620. The van der Waals surface area contributed by atoms with Crippen LogP contribution in [0, 0.1) is 11.3 Å². The maximum Gasteiger partial charge on any atom is 0.416 e. The van der Waals surface area contributed by atoms with Gasteiger partial charge in [0.15, 0.2) is 0 Å². The van der Waals surface area contributed by atoms with Crippen LogP contribution in [0.25, 0.3) is 0 Å². The molecule has 0 N–H and O–H groups in total. The van der Waals surface area contributed by atoms with Gasteiger partial charge in [-0.3, -0.25) is 4.79 Å². The summed E-state index contributed by atoms with van der Waals surface area (Å²) in [7, 11) is 3.03. The highest BCUT2D eigenvalue weighted by atomic mass is 16.6. The van der Waals surface area contributed by atoms with Crippen molar-refractivity contribution in [1.82, 2.24) is 4.90 Å². The molecule has 128 valence electrons. The fraction of sp³-hybridized carbons (Fsp3) is 0.471. The summed E-state index contributed by atoms with van der Waals surface area (Å²) < 4.78 is 15.6. The number of hydrogen-bond donors (Lipinski definition) is 0. The zero-order valence-electron chi connectivity index (χ0n) is 13.8. The number of cyclic esters (lactones) is 1. The van der Waals surface area contributed by atoms with Crippen molar-refractivity contribution < 1.29 is 23.8 Å². The lowest BCUT2D eigenvalue weighted by molar-refractivity contribution is -0.129. The van der Waals surface area contributed by atoms with Gasteiger partial charge >= 0.3 is 6.09 Å². The normalized spacial score (nSPS) is 14.7. The highest BCUT2D eigenvalue weighted by Crippen LogP contribution is 2.39. The van der Waals surface area contributed by atoms with Crippen molar-refractivity contribution in [2.75, 3.05) is 27.4 Å². The van der Waals surface area contributed by atoms with E-state index in [0.717, 1.165) is 4.90 Å². The molecule has 0 saturated carbocycles. The molecule has 0 bridgehead atoms. The Balaban J connectivity index is 2.41. The van der Waals surface area contributed by atoms with E-state index in [-0.39, 0.29) is 19.1 Å². The summed E-state index contributed by atoms with van der Waals surface area (Å²) in [5.74, 6) is 0.0165. The predicted octanol–water partition coefficient (Wildman–Crippen LogP) is 2.46. The second-order valence-corrected chi connectivity index (χ2v) is 5.28. The number of ether oxygens (including phenoxy) is 3. The van der Waals surface area contributed by atoms with Crippen molar-refractivity contribution >= 4 is 12.0 Å². The number of carbonyl (C=O) groups is 2. The molecule has 0 radical (unpaired) electrons. The Morgan fingerprint density at radius 1 is 1.38 bits per heavy atom. The zero-order chi connectivity index (χ0) is 17.5. The van der Waals surface area contributed by atoms with Crippen LogP contribution < -0.4 is 9.47 Å². The standard InChI is InChI=1S/C17H20N2O5/c1-22-13-7-5-8-14(23-2)15(13)12(6-3-4-9-18)16(20)19-10-11-24-17(19)21/h5,7-8,12H,3-4,6,10-11H2,1-2H3. The topological polar surface area (TPSA) is 88.9 Å². The molecule has 1 aliphatic rings. The van der Waals surface area contributed by atoms with Crippen molar-refractivity contribution in [3.63, 3.8) is 0 Å². The lowest BCUT2D eigenvalue weighted by atomic mass is 9.90. The first kappa shape index (κ1) is 17.6. The third-order valence-corrected chi connectivity index (χ3v) is 3.92. The molecule has 0 aliphatic carbocycles. The molecule has 1 aromatic carbocycles. The van der Waals surface area contributed by atoms with Gasteiger partial charge in [-0.05, 0) is 25.0 Å². The van der Waals surface area contributed by atoms with E-state index in [1.54, 1.807) is 18.2 Å². The average Bonchev–Trinajstić information content (AvgIpc) is 3.03. The van der Waals surface area contributed by atoms with Crippen LogP contribution in [0.2, 0.25) is 0 Å². The molecule has 2 amide bonds. The number of unbranched alkanes of at least 4 members (excludes halogenated alkanes) is 1. The summed E-state index contributed by atoms with van der Waals surface area (Å²) in [5, 5.41) is 8.77. The summed E-state index contributed by atoms with van der Waals surface area (Å²) >= 11 is 0. The van der Waals surface area contributed by atoms with Crippen LogP contribution in [0.15, 0.2) is 18.2 Å². The monoisotopic (exact) mass is 332 g/mol. The maximum atomic E-state index is 12.9. The molecule has 0 aromatic heterocycles. The smallest absolute Gasteiger partial charge is 0.416 e. The van der Waals surface area contributed by atoms with E-state index in [1.165, 1.54) is 14.2 Å². The minimum Gasteiger partial charge on any atom is -0.496 e. The number of nitriles is 1. The Morgan fingerprint density at radius 3 is 2.54 bits per heavy atom. The lowest BCUT2D eigenvalue weighted by Crippen LogP contribution is -2.36. The van der Waals surface area contributed by atoms with Gasteiger partial charge < -0.3 is 14.2 Å². The second-order valence-electron chi connectivity index (χ2n) is 5.28. The Labute approximate surface area is 140 Å². The van der Waals surface area contributed by atoms with Crippen LogP contribution in [-0.4, -0.2) is 44.3 Å². The molecule has 1 aromatic rings. The van der Waals surface area contributed by atoms with Crippen molar-refractivity contribution in [2.45, 2.75) is 25.2 Å². The fourth-order valence-electron chi connectivity index (χ4n) is 2.78. The Kier molecular flexibility index (Phi) is 6.01. The SMILES string of the molecule is COc1cccc(OC)c1C(CCCC#N)C(=O)N1CCOC1=O. The molecule has 7 heteroatoms. The van der Waals surface area contributed by atoms with Crippen LogP contribution >= 0.6 is 0 Å². The van der Waals surface area contributed by atoms with Gasteiger partial charge in [-0.2, -0.15) is 5.26 Å². The van der Waals surface area contributed by atoms with E-state index >= 15 is 0 Å². The van der Waals surface area contributed by atoms with Gasteiger partial charge in [0, 0.05) is 12.0 Å². The van der Waals surface area contributed by atoms with Gasteiger partial charge in [0.25, 0.3) is 0 Å². The number of benzene rings is 1. The van der Waals surface area contributed by atoms with Gasteiger partial charge in [0.05, 0.1) is 32.8 Å². The summed E-state index contributed by atoms with van der Waals surface area (Å²) in [4.78, 5) is 25.8. The molecule has 1 heterocycles. The van der Waals surface area contributed by atoms with Crippen molar-refractivity contribution in [1.29, 1.82) is 5.26 Å². The van der Waals surface area contributed by atoms with Crippen molar-refractivity contribution in [3.8, 4) is 17.6 Å². The molecule has 1 fully saturated rings. The van der Waals surface area contributed by atoms with E-state index in [0.29, 0.717) is 36.3 Å². The van der Waals surface area contributed by atoms with Crippen LogP contribution in [0.3, 0.4) is 0 Å². The van der Waals surface area contributed by atoms with E-state index < -0.39 is 12.0 Å². The number of methoxy groups -OCH3 is 2. The summed E-state index contributed by atoms with van der Waals surface area (Å²) in [5.41, 5.74) is 0.588. The number of nitrogens with zero attached hydrogens (tertiary/aromatic N) is 2. The number of imide groups is 1. The largest absolute Gasteiger partial charge is 0.496 e. The highest BCUT2D eigenvalue weighted by Gasteiger charge is 2.36. The second kappa shape index (κ2) is 8.20. The van der Waals surface area contributed by atoms with Gasteiger partial charge in [-0.25, -0.2) is 9.69 Å². The summed E-state index contributed by atoms with van der Waals surface area (Å²) in [6, 6.07) is 7.32. The van der Waals surface area contributed by atoms with Gasteiger partial charge in [0.2, 0.25) is 5.91 Å². The first-order valence-corrected chi connectivity index (χ1v) is 7.70. The minimum atomic E-state index is -0.643. The summed E-state index contributed by atoms with van der Waals surface area (Å²) in [6.45, 7) is 0.419. The predicted molar refractivity (Wildman–Crippen MR) is 84.8 cm³/mol. The average molecular weight is 332 g/mol. The molecule has 1 atom stereocenters. The number of rotatable bonds is 7.